The van der Waals surface area contributed by atoms with Gasteiger partial charge in [0, 0.05) is 10.2 Å². The van der Waals surface area contributed by atoms with Crippen molar-refractivity contribution >= 4 is 62.1 Å². The molecule has 2 aromatic carbocycles. The molecule has 0 spiro atoms. The number of anilines is 1. The topological polar surface area (TPSA) is 33.3 Å². The van der Waals surface area contributed by atoms with Crippen LogP contribution < -0.4 is 15.4 Å². The SMILES string of the molecule is S=C(NCCOc1ccccc1Cl)Nc1ccc(Br)c(Cl)c1. The maximum atomic E-state index is 6.02. The van der Waals surface area contributed by atoms with Crippen molar-refractivity contribution in [3.63, 3.8) is 0 Å². The second kappa shape index (κ2) is 8.58. The summed E-state index contributed by atoms with van der Waals surface area (Å²) in [4.78, 5) is 0. The van der Waals surface area contributed by atoms with Crippen molar-refractivity contribution in [2.45, 2.75) is 0 Å². The predicted molar refractivity (Wildman–Crippen MR) is 100 cm³/mol. The number of halogens is 3. The van der Waals surface area contributed by atoms with Crippen molar-refractivity contribution in [3.05, 3.63) is 57.0 Å². The fourth-order valence-electron chi connectivity index (χ4n) is 1.64. The van der Waals surface area contributed by atoms with E-state index >= 15 is 0 Å². The maximum Gasteiger partial charge on any atom is 0.170 e. The van der Waals surface area contributed by atoms with Gasteiger partial charge in [-0.1, -0.05) is 35.3 Å². The Morgan fingerprint density at radius 2 is 1.91 bits per heavy atom. The second-order valence-corrected chi connectivity index (χ2v) is 6.37. The fourth-order valence-corrected chi connectivity index (χ4v) is 2.47. The summed E-state index contributed by atoms with van der Waals surface area (Å²) in [7, 11) is 0. The van der Waals surface area contributed by atoms with Gasteiger partial charge in [0.05, 0.1) is 16.6 Å². The van der Waals surface area contributed by atoms with Crippen LogP contribution in [-0.2, 0) is 0 Å². The summed E-state index contributed by atoms with van der Waals surface area (Å²) in [6.45, 7) is 1.01. The molecule has 0 atom stereocenters. The van der Waals surface area contributed by atoms with Gasteiger partial charge < -0.3 is 15.4 Å². The highest BCUT2D eigenvalue weighted by molar-refractivity contribution is 9.10. The van der Waals surface area contributed by atoms with Crippen molar-refractivity contribution in [2.24, 2.45) is 0 Å². The highest BCUT2D eigenvalue weighted by Gasteiger charge is 2.02. The van der Waals surface area contributed by atoms with Crippen LogP contribution in [0.4, 0.5) is 5.69 Å². The number of para-hydroxylation sites is 1. The zero-order valence-electron chi connectivity index (χ0n) is 11.4. The minimum absolute atomic E-state index is 0.451. The molecule has 0 saturated carbocycles. The molecule has 0 bridgehead atoms. The van der Waals surface area contributed by atoms with Crippen molar-refractivity contribution in [1.29, 1.82) is 0 Å². The second-order valence-electron chi connectivity index (χ2n) is 4.29. The molecule has 0 aliphatic rings. The van der Waals surface area contributed by atoms with E-state index in [0.29, 0.717) is 34.1 Å². The zero-order valence-corrected chi connectivity index (χ0v) is 15.3. The Hall–Kier alpha value is -1.01. The lowest BCUT2D eigenvalue weighted by atomic mass is 10.3. The Bertz CT molecular complexity index is 670. The number of benzene rings is 2. The van der Waals surface area contributed by atoms with E-state index in [2.05, 4.69) is 26.6 Å². The molecule has 22 heavy (non-hydrogen) atoms. The van der Waals surface area contributed by atoms with Crippen LogP contribution in [0, 0.1) is 0 Å². The lowest BCUT2D eigenvalue weighted by molar-refractivity contribution is 0.323. The van der Waals surface area contributed by atoms with Gasteiger partial charge in [-0.3, -0.25) is 0 Å². The first-order valence-corrected chi connectivity index (χ1v) is 8.39. The molecule has 0 fully saturated rings. The van der Waals surface area contributed by atoms with Gasteiger partial charge in [0.25, 0.3) is 0 Å². The van der Waals surface area contributed by atoms with Crippen LogP contribution in [0.5, 0.6) is 5.75 Å². The molecule has 0 unspecified atom stereocenters. The molecular formula is C15H13BrCl2N2OS. The van der Waals surface area contributed by atoms with E-state index in [4.69, 9.17) is 40.2 Å². The van der Waals surface area contributed by atoms with Gasteiger partial charge in [-0.25, -0.2) is 0 Å². The van der Waals surface area contributed by atoms with Gasteiger partial charge in [0.2, 0.25) is 0 Å². The lowest BCUT2D eigenvalue weighted by Gasteiger charge is -2.12. The van der Waals surface area contributed by atoms with E-state index in [9.17, 15) is 0 Å². The zero-order chi connectivity index (χ0) is 15.9. The van der Waals surface area contributed by atoms with Gasteiger partial charge >= 0.3 is 0 Å². The first-order chi connectivity index (χ1) is 10.6. The summed E-state index contributed by atoms with van der Waals surface area (Å²) in [5.74, 6) is 0.657. The van der Waals surface area contributed by atoms with Gasteiger partial charge in [-0.15, -0.1) is 0 Å². The predicted octanol–water partition coefficient (Wildman–Crippen LogP) is 5.12. The Labute approximate surface area is 153 Å². The third-order valence-electron chi connectivity index (χ3n) is 2.66. The number of thiocarbonyl (C=S) groups is 1. The quantitative estimate of drug-likeness (QED) is 0.520. The van der Waals surface area contributed by atoms with E-state index < -0.39 is 0 Å². The van der Waals surface area contributed by atoms with Gasteiger partial charge in [-0.2, -0.15) is 0 Å². The molecule has 0 amide bonds. The Balaban J connectivity index is 1.74. The summed E-state index contributed by atoms with van der Waals surface area (Å²) < 4.78 is 6.40. The van der Waals surface area contributed by atoms with Gasteiger partial charge in [-0.05, 0) is 58.5 Å². The van der Waals surface area contributed by atoms with Crippen LogP contribution in [0.15, 0.2) is 46.9 Å². The van der Waals surface area contributed by atoms with Crippen molar-refractivity contribution < 1.29 is 4.74 Å². The number of hydrogen-bond donors (Lipinski definition) is 2. The van der Waals surface area contributed by atoms with Crippen LogP contribution in [0.1, 0.15) is 0 Å². The highest BCUT2D eigenvalue weighted by atomic mass is 79.9. The molecule has 0 saturated heterocycles. The molecule has 0 aliphatic heterocycles. The fraction of sp³-hybridized carbons (Fsp3) is 0.133. The number of nitrogens with one attached hydrogen (secondary N) is 2. The summed E-state index contributed by atoms with van der Waals surface area (Å²) in [5.41, 5.74) is 0.817. The largest absolute Gasteiger partial charge is 0.490 e. The van der Waals surface area contributed by atoms with E-state index in [1.54, 1.807) is 12.1 Å². The smallest absolute Gasteiger partial charge is 0.170 e. The highest BCUT2D eigenvalue weighted by Crippen LogP contribution is 2.25. The van der Waals surface area contributed by atoms with E-state index in [1.165, 1.54) is 0 Å². The van der Waals surface area contributed by atoms with Crippen molar-refractivity contribution in [3.8, 4) is 5.75 Å². The monoisotopic (exact) mass is 418 g/mol. The number of hydrogen-bond acceptors (Lipinski definition) is 2. The summed E-state index contributed by atoms with van der Waals surface area (Å²) in [6.07, 6.45) is 0. The molecule has 0 radical (unpaired) electrons. The molecular weight excluding hydrogens is 407 g/mol. The molecule has 0 aliphatic carbocycles. The summed E-state index contributed by atoms with van der Waals surface area (Å²) >= 11 is 20.6. The van der Waals surface area contributed by atoms with Crippen LogP contribution in [0.2, 0.25) is 10.0 Å². The Morgan fingerprint density at radius 1 is 1.14 bits per heavy atom. The van der Waals surface area contributed by atoms with Crippen LogP contribution in [-0.4, -0.2) is 18.3 Å². The molecule has 116 valence electrons. The minimum Gasteiger partial charge on any atom is -0.490 e. The molecule has 0 aromatic heterocycles. The van der Waals surface area contributed by atoms with Gasteiger partial charge in [0.1, 0.15) is 12.4 Å². The minimum atomic E-state index is 0.451. The summed E-state index contributed by atoms with van der Waals surface area (Å²) in [5, 5.41) is 7.82. The van der Waals surface area contributed by atoms with E-state index in [-0.39, 0.29) is 0 Å². The van der Waals surface area contributed by atoms with Crippen LogP contribution >= 0.6 is 51.3 Å². The molecule has 7 heteroatoms. The lowest BCUT2D eigenvalue weighted by Crippen LogP contribution is -2.31. The van der Waals surface area contributed by atoms with Crippen LogP contribution in [0.25, 0.3) is 0 Å². The third-order valence-corrected chi connectivity index (χ3v) is 4.45. The van der Waals surface area contributed by atoms with Gasteiger partial charge in [0.15, 0.2) is 5.11 Å². The maximum absolute atomic E-state index is 6.02. The average molecular weight is 420 g/mol. The number of rotatable bonds is 5. The normalized spacial score (nSPS) is 10.1. The van der Waals surface area contributed by atoms with E-state index in [0.717, 1.165) is 10.2 Å². The van der Waals surface area contributed by atoms with Crippen molar-refractivity contribution in [2.75, 3.05) is 18.5 Å². The molecule has 2 aromatic rings. The molecule has 3 nitrogen and oxygen atoms in total. The number of ether oxygens (including phenoxy) is 1. The van der Waals surface area contributed by atoms with Crippen molar-refractivity contribution in [1.82, 2.24) is 5.32 Å². The Morgan fingerprint density at radius 3 is 2.64 bits per heavy atom. The Kier molecular flexibility index (Phi) is 6.76. The molecule has 2 N–H and O–H groups in total. The summed E-state index contributed by atoms with van der Waals surface area (Å²) in [6, 6.07) is 12.9. The standard InChI is InChI=1S/C15H13BrCl2N2OS/c16-11-6-5-10(9-13(11)18)20-15(22)19-7-8-21-14-4-2-1-3-12(14)17/h1-6,9H,7-8H2,(H2,19,20,22). The average Bonchev–Trinajstić information content (AvgIpc) is 2.49. The van der Waals surface area contributed by atoms with E-state index in [1.807, 2.05) is 30.3 Å². The third kappa shape index (κ3) is 5.32. The first-order valence-electron chi connectivity index (χ1n) is 6.43. The molecule has 2 rings (SSSR count). The first kappa shape index (κ1) is 17.3. The van der Waals surface area contributed by atoms with Crippen LogP contribution in [0.3, 0.4) is 0 Å². The molecule has 0 heterocycles.